The van der Waals surface area contributed by atoms with Crippen LogP contribution in [-0.2, 0) is 22.6 Å². The number of carbonyl (C=O) groups is 2. The summed E-state index contributed by atoms with van der Waals surface area (Å²) in [7, 11) is 0. The molecule has 3 fully saturated rings. The molecule has 1 saturated heterocycles. The molecule has 9 heteroatoms. The Kier molecular flexibility index (Phi) is 11.2. The van der Waals surface area contributed by atoms with Gasteiger partial charge in [0.05, 0.1) is 6.04 Å². The van der Waals surface area contributed by atoms with Gasteiger partial charge in [-0.3, -0.25) is 14.3 Å². The Morgan fingerprint density at radius 2 is 1.67 bits per heavy atom. The second-order valence-electron chi connectivity index (χ2n) is 13.2. The summed E-state index contributed by atoms with van der Waals surface area (Å²) in [5.41, 5.74) is 1.28. The Morgan fingerprint density at radius 3 is 2.28 bits per heavy atom. The maximum absolute atomic E-state index is 14.2. The molecule has 5 rings (SSSR count). The molecule has 2 saturated carbocycles. The van der Waals surface area contributed by atoms with Crippen molar-refractivity contribution in [2.45, 2.75) is 110 Å². The summed E-state index contributed by atoms with van der Waals surface area (Å²) in [5, 5.41) is 8.96. The third-order valence-corrected chi connectivity index (χ3v) is 11.0. The second-order valence-corrected chi connectivity index (χ2v) is 13.7. The first-order valence-corrected chi connectivity index (χ1v) is 17.2. The van der Waals surface area contributed by atoms with Gasteiger partial charge in [-0.05, 0) is 101 Å². The number of aromatic nitrogens is 3. The lowest BCUT2D eigenvalue weighted by atomic mass is 9.63. The van der Waals surface area contributed by atoms with Gasteiger partial charge < -0.3 is 15.1 Å². The van der Waals surface area contributed by atoms with Crippen LogP contribution in [-0.4, -0.2) is 74.6 Å². The molecule has 8 nitrogen and oxygen atoms in total. The van der Waals surface area contributed by atoms with Crippen LogP contribution in [0.3, 0.4) is 0 Å². The summed E-state index contributed by atoms with van der Waals surface area (Å²) in [4.78, 5) is 35.5. The van der Waals surface area contributed by atoms with Crippen LogP contribution in [0.2, 0.25) is 5.02 Å². The number of amides is 2. The first-order valence-electron chi connectivity index (χ1n) is 16.8. The minimum atomic E-state index is -0.293. The lowest BCUT2D eigenvalue weighted by Crippen LogP contribution is -2.55. The van der Waals surface area contributed by atoms with Crippen molar-refractivity contribution in [3.8, 4) is 0 Å². The quantitative estimate of drug-likeness (QED) is 0.350. The Morgan fingerprint density at radius 1 is 1.00 bits per heavy atom. The smallest absolute Gasteiger partial charge is 0.240 e. The molecule has 2 aromatic rings. The van der Waals surface area contributed by atoms with Crippen LogP contribution >= 0.6 is 11.6 Å². The maximum atomic E-state index is 14.2. The molecular weight excluding hydrogens is 560 g/mol. The number of benzene rings is 1. The largest absolute Gasteiger partial charge is 0.343 e. The fourth-order valence-corrected chi connectivity index (χ4v) is 8.22. The van der Waals surface area contributed by atoms with Crippen LogP contribution in [0.5, 0.6) is 0 Å². The Bertz CT molecular complexity index is 1150. The predicted molar refractivity (Wildman–Crippen MR) is 171 cm³/mol. The average molecular weight is 611 g/mol. The minimum absolute atomic E-state index is 0.100. The van der Waals surface area contributed by atoms with E-state index in [4.69, 9.17) is 11.6 Å². The fraction of sp³-hybridized carbons (Fsp3) is 0.706. The molecule has 1 aromatic heterocycles. The van der Waals surface area contributed by atoms with E-state index in [0.717, 1.165) is 76.8 Å². The molecule has 0 bridgehead atoms. The molecule has 1 aliphatic heterocycles. The zero-order valence-electron chi connectivity index (χ0n) is 26.2. The number of nitrogens with one attached hydrogen (secondary N) is 1. The highest BCUT2D eigenvalue weighted by Gasteiger charge is 2.44. The topological polar surface area (TPSA) is 83.4 Å². The van der Waals surface area contributed by atoms with Gasteiger partial charge in [0.1, 0.15) is 12.7 Å². The number of likely N-dealkylation sites (tertiary alicyclic amines) is 1. The fourth-order valence-electron chi connectivity index (χ4n) is 8.10. The van der Waals surface area contributed by atoms with Gasteiger partial charge >= 0.3 is 0 Å². The van der Waals surface area contributed by atoms with Crippen molar-refractivity contribution in [3.05, 3.63) is 47.5 Å². The van der Waals surface area contributed by atoms with Crippen molar-refractivity contribution in [1.82, 2.24) is 29.9 Å². The van der Waals surface area contributed by atoms with E-state index < -0.39 is 0 Å². The van der Waals surface area contributed by atoms with E-state index in [-0.39, 0.29) is 35.2 Å². The van der Waals surface area contributed by atoms with Gasteiger partial charge in [0.2, 0.25) is 11.8 Å². The maximum Gasteiger partial charge on any atom is 0.240 e. The van der Waals surface area contributed by atoms with E-state index in [2.05, 4.69) is 34.1 Å². The van der Waals surface area contributed by atoms with Crippen LogP contribution in [0.1, 0.15) is 90.0 Å². The Hall–Kier alpha value is -2.45. The summed E-state index contributed by atoms with van der Waals surface area (Å²) >= 11 is 6.18. The van der Waals surface area contributed by atoms with Crippen LogP contribution in [0.15, 0.2) is 36.9 Å². The molecule has 0 radical (unpaired) electrons. The normalized spacial score (nSPS) is 23.6. The van der Waals surface area contributed by atoms with Gasteiger partial charge in [-0.25, -0.2) is 4.98 Å². The second kappa shape index (κ2) is 15.0. The monoisotopic (exact) mass is 610 g/mol. The number of carbonyl (C=O) groups excluding carboxylic acids is 2. The average Bonchev–Trinajstić information content (AvgIpc) is 3.56. The molecule has 1 atom stereocenters. The molecule has 43 heavy (non-hydrogen) atoms. The number of hydrogen-bond acceptors (Lipinski definition) is 5. The van der Waals surface area contributed by atoms with E-state index in [1.165, 1.54) is 32.1 Å². The molecule has 0 unspecified atom stereocenters. The van der Waals surface area contributed by atoms with Crippen molar-refractivity contribution in [3.63, 3.8) is 0 Å². The van der Waals surface area contributed by atoms with Crippen LogP contribution in [0.25, 0.3) is 0 Å². The highest BCUT2D eigenvalue weighted by Crippen LogP contribution is 2.47. The van der Waals surface area contributed by atoms with Crippen molar-refractivity contribution >= 4 is 23.4 Å². The Balaban J connectivity index is 1.25. The number of halogens is 1. The third kappa shape index (κ3) is 7.99. The number of piperidine rings is 1. The molecule has 3 aliphatic rings. The zero-order chi connectivity index (χ0) is 30.2. The highest BCUT2D eigenvalue weighted by molar-refractivity contribution is 6.30. The summed E-state index contributed by atoms with van der Waals surface area (Å²) in [6.07, 6.45) is 16.2. The van der Waals surface area contributed by atoms with Crippen LogP contribution in [0, 0.1) is 17.3 Å². The summed E-state index contributed by atoms with van der Waals surface area (Å²) < 4.78 is 2.01. The van der Waals surface area contributed by atoms with Crippen molar-refractivity contribution in [2.75, 3.05) is 26.2 Å². The van der Waals surface area contributed by atoms with Crippen molar-refractivity contribution in [1.29, 1.82) is 0 Å². The summed E-state index contributed by atoms with van der Waals surface area (Å²) in [6, 6.07) is 7.83. The molecule has 0 spiro atoms. The van der Waals surface area contributed by atoms with Gasteiger partial charge in [-0.1, -0.05) is 43.0 Å². The van der Waals surface area contributed by atoms with E-state index in [0.29, 0.717) is 17.4 Å². The van der Waals surface area contributed by atoms with Gasteiger partial charge in [0, 0.05) is 49.7 Å². The minimum Gasteiger partial charge on any atom is -0.343 e. The molecule has 2 aliphatic carbocycles. The zero-order valence-corrected chi connectivity index (χ0v) is 27.0. The van der Waals surface area contributed by atoms with Crippen molar-refractivity contribution < 1.29 is 9.59 Å². The van der Waals surface area contributed by atoms with Crippen LogP contribution in [0.4, 0.5) is 0 Å². The van der Waals surface area contributed by atoms with Gasteiger partial charge in [-0.15, -0.1) is 0 Å². The summed E-state index contributed by atoms with van der Waals surface area (Å²) in [5.74, 6) is 1.27. The molecule has 1 N–H and O–H groups in total. The lowest BCUT2D eigenvalue weighted by molar-refractivity contribution is -0.138. The molecule has 236 valence electrons. The van der Waals surface area contributed by atoms with E-state index in [1.54, 1.807) is 6.33 Å². The molecule has 2 amide bonds. The van der Waals surface area contributed by atoms with Gasteiger partial charge in [-0.2, -0.15) is 5.10 Å². The van der Waals surface area contributed by atoms with E-state index >= 15 is 0 Å². The molecule has 2 heterocycles. The summed E-state index contributed by atoms with van der Waals surface area (Å²) in [6.45, 7) is 8.10. The van der Waals surface area contributed by atoms with E-state index in [9.17, 15) is 9.59 Å². The lowest BCUT2D eigenvalue weighted by Gasteiger charge is -2.48. The third-order valence-electron chi connectivity index (χ3n) is 10.7. The first kappa shape index (κ1) is 32.0. The molecule has 1 aromatic carbocycles. The standard InChI is InChI=1S/C34H51ClN6O2/c1-3-39(4-2)32(42)27-12-16-30(17-13-27)38-31(22-26-10-14-29(35)15-11-26)33(43)40-20-18-34(19-21-40,23-41-25-36-24-37-41)28-8-6-5-7-9-28/h10-11,14-15,24-25,27-28,30-31,38H,3-9,12-13,16-23H2,1-2H3/t27-,30-,31-/m1/s1. The number of rotatable bonds is 11. The number of nitrogens with zero attached hydrogens (tertiary/aromatic N) is 5. The van der Waals surface area contributed by atoms with Crippen LogP contribution < -0.4 is 5.32 Å². The Labute approximate surface area is 262 Å². The first-order chi connectivity index (χ1) is 20.9. The highest BCUT2D eigenvalue weighted by atomic mass is 35.5. The van der Waals surface area contributed by atoms with Gasteiger partial charge in [0.25, 0.3) is 0 Å². The van der Waals surface area contributed by atoms with Crippen molar-refractivity contribution in [2.24, 2.45) is 17.3 Å². The number of hydrogen-bond donors (Lipinski definition) is 1. The van der Waals surface area contributed by atoms with Gasteiger partial charge in [0.15, 0.2) is 0 Å². The predicted octanol–water partition coefficient (Wildman–Crippen LogP) is 5.75. The van der Waals surface area contributed by atoms with E-state index in [1.807, 2.05) is 40.2 Å². The SMILES string of the molecule is CCN(CC)C(=O)[C@H]1CC[C@H](N[C@H](Cc2ccc(Cl)cc2)C(=O)N2CCC(Cn3cncn3)(C3CCCCC3)CC2)CC1. The molecular formula is C34H51ClN6O2.